The number of benzene rings is 1. The molecule has 2 atom stereocenters. The molecule has 1 aromatic heterocycles. The molecule has 136 valence electrons. The highest BCUT2D eigenvalue weighted by Gasteiger charge is 2.40. The fraction of sp³-hybridized carbons (Fsp3) is 0.429. The van der Waals surface area contributed by atoms with Crippen LogP contribution in [0, 0.1) is 5.92 Å². The first-order valence-electron chi connectivity index (χ1n) is 9.24. The van der Waals surface area contributed by atoms with Crippen molar-refractivity contribution in [3.05, 3.63) is 53.1 Å². The molecule has 1 amide bonds. The lowest BCUT2D eigenvalue weighted by Gasteiger charge is -2.38. The van der Waals surface area contributed by atoms with E-state index in [1.54, 1.807) is 13.4 Å². The number of amides is 1. The molecule has 26 heavy (non-hydrogen) atoms. The van der Waals surface area contributed by atoms with E-state index in [2.05, 4.69) is 27.9 Å². The molecule has 1 fully saturated rings. The monoisotopic (exact) mass is 351 g/mol. The van der Waals surface area contributed by atoms with Gasteiger partial charge in [0.1, 0.15) is 0 Å². The van der Waals surface area contributed by atoms with Crippen molar-refractivity contribution in [1.82, 2.24) is 14.9 Å². The Balaban J connectivity index is 1.61. The van der Waals surface area contributed by atoms with Gasteiger partial charge in [-0.25, -0.2) is 4.98 Å². The first kappa shape index (κ1) is 16.9. The van der Waals surface area contributed by atoms with E-state index in [0.717, 1.165) is 48.2 Å². The molecule has 0 radical (unpaired) electrons. The zero-order valence-corrected chi connectivity index (χ0v) is 15.6. The van der Waals surface area contributed by atoms with Crippen LogP contribution in [0.3, 0.4) is 0 Å². The van der Waals surface area contributed by atoms with Gasteiger partial charge in [0.15, 0.2) is 0 Å². The lowest BCUT2D eigenvalue weighted by atomic mass is 9.86. The smallest absolute Gasteiger partial charge is 0.254 e. The van der Waals surface area contributed by atoms with E-state index in [1.807, 2.05) is 25.1 Å². The third kappa shape index (κ3) is 2.81. The Kier molecular flexibility index (Phi) is 4.31. The van der Waals surface area contributed by atoms with E-state index in [0.29, 0.717) is 5.92 Å². The fourth-order valence-corrected chi connectivity index (χ4v) is 4.41. The molecular weight excluding hydrogens is 326 g/mol. The summed E-state index contributed by atoms with van der Waals surface area (Å²) in [5.41, 5.74) is 5.26. The molecule has 1 N–H and O–H groups in total. The van der Waals surface area contributed by atoms with Gasteiger partial charge >= 0.3 is 0 Å². The van der Waals surface area contributed by atoms with Crippen molar-refractivity contribution < 1.29 is 9.53 Å². The summed E-state index contributed by atoms with van der Waals surface area (Å²) in [5.74, 6) is 1.46. The number of carbonyl (C=O) groups is 1. The number of hydrogen-bond donors (Lipinski definition) is 1. The number of aromatic nitrogens is 2. The second-order valence-corrected chi connectivity index (χ2v) is 7.35. The molecule has 2 unspecified atom stereocenters. The highest BCUT2D eigenvalue weighted by Crippen LogP contribution is 2.42. The van der Waals surface area contributed by atoms with E-state index in [4.69, 9.17) is 4.74 Å². The molecule has 5 heteroatoms. The standard InChI is InChI=1S/C21H25N3O2/c1-13-9-20-16(17(13)10-14(2)26-3)5-4-8-24(20)21(25)15-6-7-18-19(11-15)23-12-22-18/h6-7,10-12,16,20H,4-5,8-9H2,1-3H3,(H,22,23). The number of likely N-dealkylation sites (tertiary alicyclic amines) is 1. The average molecular weight is 351 g/mol. The number of hydrogen-bond acceptors (Lipinski definition) is 3. The van der Waals surface area contributed by atoms with Crippen LogP contribution in [0.2, 0.25) is 0 Å². The Morgan fingerprint density at radius 2 is 2.27 bits per heavy atom. The van der Waals surface area contributed by atoms with Crippen molar-refractivity contribution in [1.29, 1.82) is 0 Å². The van der Waals surface area contributed by atoms with Crippen LogP contribution >= 0.6 is 0 Å². The number of fused-ring (bicyclic) bond motifs is 2. The average Bonchev–Trinajstić information content (AvgIpc) is 3.24. The number of carbonyl (C=O) groups excluding carboxylic acids is 1. The Morgan fingerprint density at radius 3 is 3.08 bits per heavy atom. The quantitative estimate of drug-likeness (QED) is 0.849. The van der Waals surface area contributed by atoms with E-state index >= 15 is 0 Å². The number of allylic oxidation sites excluding steroid dienone is 2. The summed E-state index contributed by atoms with van der Waals surface area (Å²) in [6.45, 7) is 5.00. The Labute approximate surface area is 153 Å². The molecule has 5 nitrogen and oxygen atoms in total. The van der Waals surface area contributed by atoms with E-state index in [9.17, 15) is 4.79 Å². The second kappa shape index (κ2) is 6.63. The van der Waals surface area contributed by atoms with E-state index in [1.165, 1.54) is 11.1 Å². The van der Waals surface area contributed by atoms with Gasteiger partial charge in [-0.05, 0) is 63.0 Å². The number of nitrogens with one attached hydrogen (secondary N) is 1. The number of piperidine rings is 1. The predicted molar refractivity (Wildman–Crippen MR) is 102 cm³/mol. The summed E-state index contributed by atoms with van der Waals surface area (Å²) in [4.78, 5) is 22.6. The molecule has 1 aromatic carbocycles. The third-order valence-corrected chi connectivity index (χ3v) is 5.80. The van der Waals surface area contributed by atoms with Crippen molar-refractivity contribution in [2.75, 3.05) is 13.7 Å². The van der Waals surface area contributed by atoms with Crippen LogP contribution in [0.5, 0.6) is 0 Å². The zero-order chi connectivity index (χ0) is 18.3. The topological polar surface area (TPSA) is 58.2 Å². The molecule has 2 aliphatic rings. The molecule has 0 bridgehead atoms. The normalized spacial score (nSPS) is 23.5. The molecule has 0 spiro atoms. The van der Waals surface area contributed by atoms with Gasteiger partial charge in [-0.1, -0.05) is 5.57 Å². The second-order valence-electron chi connectivity index (χ2n) is 7.35. The van der Waals surface area contributed by atoms with Gasteiger partial charge < -0.3 is 14.6 Å². The summed E-state index contributed by atoms with van der Waals surface area (Å²) in [7, 11) is 1.70. The van der Waals surface area contributed by atoms with Crippen molar-refractivity contribution in [3.63, 3.8) is 0 Å². The Morgan fingerprint density at radius 1 is 1.42 bits per heavy atom. The number of nitrogens with zero attached hydrogens (tertiary/aromatic N) is 2. The summed E-state index contributed by atoms with van der Waals surface area (Å²) >= 11 is 0. The zero-order valence-electron chi connectivity index (χ0n) is 15.6. The van der Waals surface area contributed by atoms with Crippen LogP contribution in [-0.2, 0) is 4.74 Å². The molecule has 1 aliphatic heterocycles. The third-order valence-electron chi connectivity index (χ3n) is 5.80. The van der Waals surface area contributed by atoms with Crippen LogP contribution < -0.4 is 0 Å². The van der Waals surface area contributed by atoms with Crippen molar-refractivity contribution in [2.24, 2.45) is 5.92 Å². The first-order valence-corrected chi connectivity index (χ1v) is 9.24. The number of imidazole rings is 1. The lowest BCUT2D eigenvalue weighted by Crippen LogP contribution is -2.47. The van der Waals surface area contributed by atoms with Crippen molar-refractivity contribution >= 4 is 16.9 Å². The maximum Gasteiger partial charge on any atom is 0.254 e. The summed E-state index contributed by atoms with van der Waals surface area (Å²) in [6.07, 6.45) is 6.94. The summed E-state index contributed by atoms with van der Waals surface area (Å²) in [6, 6.07) is 5.97. The highest BCUT2D eigenvalue weighted by molar-refractivity contribution is 5.97. The number of rotatable bonds is 3. The predicted octanol–water partition coefficient (Wildman–Crippen LogP) is 4.05. The largest absolute Gasteiger partial charge is 0.501 e. The van der Waals surface area contributed by atoms with Gasteiger partial charge in [-0.3, -0.25) is 4.79 Å². The van der Waals surface area contributed by atoms with Crippen LogP contribution in [0.25, 0.3) is 11.0 Å². The number of ether oxygens (including phenoxy) is 1. The van der Waals surface area contributed by atoms with E-state index in [-0.39, 0.29) is 11.9 Å². The molecule has 1 saturated heterocycles. The molecular formula is C21H25N3O2. The van der Waals surface area contributed by atoms with Gasteiger partial charge in [0.05, 0.1) is 30.2 Å². The molecule has 2 aromatic rings. The molecule has 0 saturated carbocycles. The van der Waals surface area contributed by atoms with Crippen LogP contribution in [0.1, 0.15) is 43.5 Å². The van der Waals surface area contributed by atoms with Crippen molar-refractivity contribution in [2.45, 2.75) is 39.2 Å². The van der Waals surface area contributed by atoms with Gasteiger partial charge in [0, 0.05) is 24.1 Å². The van der Waals surface area contributed by atoms with Crippen LogP contribution in [0.4, 0.5) is 0 Å². The highest BCUT2D eigenvalue weighted by atomic mass is 16.5. The van der Waals surface area contributed by atoms with Crippen molar-refractivity contribution in [3.8, 4) is 0 Å². The number of aromatic amines is 1. The Bertz CT molecular complexity index is 909. The number of H-pyrrole nitrogens is 1. The minimum Gasteiger partial charge on any atom is -0.501 e. The molecule has 1 aliphatic carbocycles. The van der Waals surface area contributed by atoms with Crippen LogP contribution in [-0.4, -0.2) is 40.5 Å². The Hall–Kier alpha value is -2.56. The minimum atomic E-state index is 0.123. The molecule has 4 rings (SSSR count). The molecule has 2 heterocycles. The first-order chi connectivity index (χ1) is 12.6. The van der Waals surface area contributed by atoms with Crippen LogP contribution in [0.15, 0.2) is 47.5 Å². The SMILES string of the molecule is COC(C)=CC1=C(C)CC2C1CCCN2C(=O)c1ccc2nc[nH]c2c1. The van der Waals surface area contributed by atoms with Gasteiger partial charge in [0.2, 0.25) is 0 Å². The summed E-state index contributed by atoms with van der Waals surface area (Å²) < 4.78 is 5.35. The maximum absolute atomic E-state index is 13.2. The lowest BCUT2D eigenvalue weighted by molar-refractivity contribution is 0.0564. The van der Waals surface area contributed by atoms with Gasteiger partial charge in [-0.15, -0.1) is 0 Å². The van der Waals surface area contributed by atoms with Gasteiger partial charge in [0.25, 0.3) is 5.91 Å². The van der Waals surface area contributed by atoms with Gasteiger partial charge in [-0.2, -0.15) is 0 Å². The minimum absolute atomic E-state index is 0.123. The summed E-state index contributed by atoms with van der Waals surface area (Å²) in [5, 5.41) is 0. The van der Waals surface area contributed by atoms with E-state index < -0.39 is 0 Å². The number of methoxy groups -OCH3 is 1. The maximum atomic E-state index is 13.2. The fourth-order valence-electron chi connectivity index (χ4n) is 4.41.